The molecule has 147 heavy (non-hydrogen) atoms. The Morgan fingerprint density at radius 1 is 0.429 bits per heavy atom. The van der Waals surface area contributed by atoms with Crippen LogP contribution in [0.5, 0.6) is 69.0 Å². The number of ether oxygens (including phenoxy) is 16. The number of carbonyl (C=O) groups is 7. The Hall–Kier alpha value is -12.1. The minimum atomic E-state index is -2.60. The van der Waals surface area contributed by atoms with Gasteiger partial charge >= 0.3 is 5.97 Å². The number of carbonyl (C=O) groups excluding carboxylic acids is 7. The fraction of sp³-hybridized carbons (Fsp3) is 0.484. The van der Waals surface area contributed by atoms with E-state index in [4.69, 9.17) is 87.3 Å². The number of benzene rings is 7. The molecule has 17 bridgehead atoms. The third-order valence-corrected chi connectivity index (χ3v) is 27.1. The van der Waals surface area contributed by atoms with E-state index in [0.717, 1.165) is 98.1 Å². The van der Waals surface area contributed by atoms with Gasteiger partial charge in [-0.05, 0) is 133 Å². The van der Waals surface area contributed by atoms with Crippen LogP contribution in [0.1, 0.15) is 107 Å². The Labute approximate surface area is 831 Å². The van der Waals surface area contributed by atoms with Gasteiger partial charge in [-0.15, -0.1) is 0 Å². The molecule has 19 rings (SSSR count). The first-order chi connectivity index (χ1) is 70.0. The third kappa shape index (κ3) is 21.4. The summed E-state index contributed by atoms with van der Waals surface area (Å²) in [6.45, 7) is 0.141. The number of fused-ring (bicyclic) bond motifs is 14. The number of aliphatic hydroxyl groups excluding tert-OH is 17. The quantitative estimate of drug-likeness (QED) is 0.0400. The van der Waals surface area contributed by atoms with E-state index in [9.17, 15) is 117 Å². The van der Waals surface area contributed by atoms with Crippen LogP contribution in [0, 0.1) is 6.92 Å². The van der Waals surface area contributed by atoms with Crippen molar-refractivity contribution in [2.75, 3.05) is 33.5 Å². The monoisotopic (exact) mass is 2070 g/mol. The number of amides is 6. The van der Waals surface area contributed by atoms with Crippen molar-refractivity contribution in [2.45, 2.75) is 254 Å². The molecule has 6 fully saturated rings. The number of nitrogens with one attached hydrogen (secondary N) is 6. The molecule has 7 aromatic rings. The molecule has 31 N–H and O–H groups in total. The summed E-state index contributed by atoms with van der Waals surface area (Å²) in [6, 6.07) is 4.22. The van der Waals surface area contributed by atoms with Crippen LogP contribution < -0.4 is 67.1 Å². The molecule has 52 heteroatoms. The summed E-state index contributed by atoms with van der Waals surface area (Å²) in [5.74, 6) is -17.8. The minimum Gasteiger partial charge on any atom is -0.508 e. The molecule has 0 saturated carbocycles. The van der Waals surface area contributed by atoms with E-state index in [0.29, 0.717) is 0 Å². The lowest BCUT2D eigenvalue weighted by Crippen LogP contribution is -2.67. The first-order valence-electron chi connectivity index (χ1n) is 46.4. The van der Waals surface area contributed by atoms with Crippen molar-refractivity contribution in [3.63, 3.8) is 0 Å². The Morgan fingerprint density at radius 3 is 1.59 bits per heavy atom. The number of phenols is 4. The van der Waals surface area contributed by atoms with E-state index in [1.54, 1.807) is 0 Å². The number of rotatable bonds is 16. The van der Waals surface area contributed by atoms with Crippen molar-refractivity contribution >= 4 is 41.4 Å². The summed E-state index contributed by atoms with van der Waals surface area (Å²) in [4.78, 5) is 113. The lowest BCUT2D eigenvalue weighted by atomic mass is 9.89. The molecule has 37 atom stereocenters. The van der Waals surface area contributed by atoms with Crippen molar-refractivity contribution in [3.8, 4) is 80.1 Å². The molecule has 12 heterocycles. The van der Waals surface area contributed by atoms with Gasteiger partial charge in [0.2, 0.25) is 53.8 Å². The Kier molecular flexibility index (Phi) is 31.5. The van der Waals surface area contributed by atoms with Crippen molar-refractivity contribution in [1.29, 1.82) is 0 Å². The predicted octanol–water partition coefficient (Wildman–Crippen LogP) is -6.50. The molecule has 0 radical (unpaired) electrons. The minimum absolute atomic E-state index is 0.0673. The number of nitrogens with two attached hydrogens (primary N) is 2. The van der Waals surface area contributed by atoms with Crippen molar-refractivity contribution in [3.05, 3.63) is 166 Å². The third-order valence-electron chi connectivity index (χ3n) is 27.1. The number of aromatic hydroxyl groups is 4. The highest BCUT2D eigenvalue weighted by molar-refractivity contribution is 6.00. The second kappa shape index (κ2) is 43.6. The molecule has 12 aliphatic heterocycles. The average molecular weight is 2070 g/mol. The topological polar surface area (TPSA) is 816 Å². The number of aliphatic hydroxyl groups is 17. The highest BCUT2D eigenvalue weighted by atomic mass is 16.8. The highest BCUT2D eigenvalue weighted by Gasteiger charge is 2.57. The van der Waals surface area contributed by atoms with Crippen LogP contribution in [0.25, 0.3) is 11.1 Å². The van der Waals surface area contributed by atoms with Gasteiger partial charge in [-0.1, -0.05) is 36.4 Å². The molecule has 794 valence electrons. The van der Waals surface area contributed by atoms with Gasteiger partial charge in [0.15, 0.2) is 60.3 Å². The van der Waals surface area contributed by atoms with Crippen LogP contribution in [0.4, 0.5) is 0 Å². The summed E-state index contributed by atoms with van der Waals surface area (Å²) in [7, 11) is 0.873. The van der Waals surface area contributed by atoms with Gasteiger partial charge in [0, 0.05) is 40.8 Å². The van der Waals surface area contributed by atoms with E-state index in [1.807, 2.05) is 0 Å². The fourth-order valence-electron chi connectivity index (χ4n) is 18.6. The van der Waals surface area contributed by atoms with Crippen LogP contribution in [-0.2, 0) is 85.7 Å². The molecule has 52 nitrogen and oxygen atoms in total. The molecule has 7 aromatic carbocycles. The maximum atomic E-state index is 17.3. The van der Waals surface area contributed by atoms with Gasteiger partial charge in [0.1, 0.15) is 192 Å². The van der Waals surface area contributed by atoms with Crippen LogP contribution in [-0.4, -0.2) is 366 Å². The summed E-state index contributed by atoms with van der Waals surface area (Å²) in [5.41, 5.74) is 9.22. The zero-order valence-electron chi connectivity index (χ0n) is 77.9. The second-order valence-corrected chi connectivity index (χ2v) is 36.9. The van der Waals surface area contributed by atoms with Crippen LogP contribution >= 0.6 is 0 Å². The SMILES string of the molecule is COC(=O)C1NC(=O)C2NC(=O)C(NC(=O)C3NC(=O)C4NC(=O)C(NC(=O)C(N)c5ccc(O)c(c5)Oc5cc4cc(O)c5C)C(O)c4ccc(cc4)Oc4cc3cc(c4OC3OC(COC4OC(C)C(O)C(O)C4O)C(O)C(O)C3OC3OC(CO)C(O)C(O)C3OC3OCC(O)C(O)C3O)Oc3ccc(cc3)C2OC2CC(N)C(O)C(C)O2)c2ccc(O)c(c2)-c2c(OC3OC(CO)C(O)C(O)C3O)cc(O)cc21. The van der Waals surface area contributed by atoms with Gasteiger partial charge in [-0.25, -0.2) is 4.79 Å². The Bertz CT molecular complexity index is 6010. The second-order valence-electron chi connectivity index (χ2n) is 36.9. The first kappa shape index (κ1) is 106. The summed E-state index contributed by atoms with van der Waals surface area (Å²) in [5, 5.41) is 257. The zero-order chi connectivity index (χ0) is 105. The molecule has 12 aliphatic rings. The van der Waals surface area contributed by atoms with E-state index < -0.39 is 386 Å². The van der Waals surface area contributed by atoms with E-state index in [1.165, 1.54) is 51.1 Å². The smallest absolute Gasteiger partial charge is 0.333 e. The van der Waals surface area contributed by atoms with Crippen LogP contribution in [0.15, 0.2) is 121 Å². The lowest BCUT2D eigenvalue weighted by molar-refractivity contribution is -0.385. The van der Waals surface area contributed by atoms with Gasteiger partial charge < -0.3 is 226 Å². The summed E-state index contributed by atoms with van der Waals surface area (Å²) < 4.78 is 99.8. The largest absolute Gasteiger partial charge is 0.508 e. The molecule has 37 unspecified atom stereocenters. The highest BCUT2D eigenvalue weighted by Crippen LogP contribution is 2.51. The molecular formula is C95H110N8O44. The van der Waals surface area contributed by atoms with E-state index >= 15 is 24.0 Å². The molecule has 6 amide bonds. The number of methoxy groups -OCH3 is 1. The zero-order valence-corrected chi connectivity index (χ0v) is 77.9. The first-order valence-corrected chi connectivity index (χ1v) is 46.4. The van der Waals surface area contributed by atoms with Gasteiger partial charge in [0.05, 0.1) is 51.8 Å². The van der Waals surface area contributed by atoms with Crippen molar-refractivity contribution in [1.82, 2.24) is 31.9 Å². The standard InChI is InChI=1S/C95H110N8O44/c1-30-47(109)18-37-20-49(30)139-50-19-35(9-16-46(50)108)59(97)84(125)102-64-68(113)33-5-11-40(12-6-33)137-52-21-38-22-53(81(52)145-95-83(76(121)72(117)56(143-95)29-134-91-78(123)73(118)67(112)32(3)136-91)147-94-82(75(120)71(116)55(27-105)142-94)146-92-77(122)69(114)48(110)28-133-92)138-41-13-7-34(8-14-41)80(144-57-25-44(96)66(111)31(2)135-57)65-89(130)101-63(90(131)132-4)43-23-39(106)24-51(140-93-79(124)74(119)70(115)54(26-104)141-93)58(43)42-17-36(10-15-45(42)107)60(85(126)103-65)98-87(128)62(38)99-86(127)61(37)100-88(64)129/h5-24,31-32,44,48,54-57,59-80,82-83,91-95,104-124H,25-29,96-97H2,1-4H3,(H,98,128)(H,99,127)(H,100,129)(H,101,130)(H,102,125)(H,103,126). The maximum absolute atomic E-state index is 17.3. The average Bonchev–Trinajstić information content (AvgIpc) is 0.742. The Morgan fingerprint density at radius 2 is 0.946 bits per heavy atom. The number of hydrogen-bond donors (Lipinski definition) is 29. The van der Waals surface area contributed by atoms with Crippen molar-refractivity contribution in [2.24, 2.45) is 11.5 Å². The maximum Gasteiger partial charge on any atom is 0.333 e. The van der Waals surface area contributed by atoms with E-state index in [-0.39, 0.29) is 39.5 Å². The Balaban J connectivity index is 0.908. The molecule has 0 aliphatic carbocycles. The molecular weight excluding hydrogens is 1960 g/mol. The number of hydrogen-bond acceptors (Lipinski definition) is 46. The van der Waals surface area contributed by atoms with Crippen molar-refractivity contribution < 1.29 is 217 Å². The lowest BCUT2D eigenvalue weighted by Gasteiger charge is -2.48. The van der Waals surface area contributed by atoms with Gasteiger partial charge in [-0.3, -0.25) is 28.8 Å². The molecule has 0 aromatic heterocycles. The fourth-order valence-corrected chi connectivity index (χ4v) is 18.6. The van der Waals surface area contributed by atoms with Gasteiger partial charge in [0.25, 0.3) is 0 Å². The number of phenolic OH excluding ortho intramolecular Hbond substituents is 4. The summed E-state index contributed by atoms with van der Waals surface area (Å²) >= 11 is 0. The molecule has 0 spiro atoms. The predicted molar refractivity (Wildman–Crippen MR) is 483 cm³/mol. The summed E-state index contributed by atoms with van der Waals surface area (Å²) in [6.07, 6.45) is -58.6. The van der Waals surface area contributed by atoms with Crippen LogP contribution in [0.2, 0.25) is 0 Å². The van der Waals surface area contributed by atoms with Gasteiger partial charge in [-0.2, -0.15) is 0 Å². The normalized spacial score (nSPS) is 36.2. The number of esters is 1. The van der Waals surface area contributed by atoms with Crippen LogP contribution in [0.3, 0.4) is 0 Å². The van der Waals surface area contributed by atoms with E-state index in [2.05, 4.69) is 31.9 Å². The molecule has 6 saturated heterocycles.